The van der Waals surface area contributed by atoms with Crippen molar-refractivity contribution in [3.05, 3.63) is 12.2 Å². The fourth-order valence-corrected chi connectivity index (χ4v) is 2.44. The molecule has 12 heteroatoms. The van der Waals surface area contributed by atoms with Gasteiger partial charge >= 0.3 is 11.9 Å². The van der Waals surface area contributed by atoms with E-state index in [0.717, 1.165) is 37.2 Å². The van der Waals surface area contributed by atoms with Crippen LogP contribution in [0, 0.1) is 0 Å². The number of morpholine rings is 1. The second-order valence-corrected chi connectivity index (χ2v) is 5.80. The van der Waals surface area contributed by atoms with Crippen LogP contribution >= 0.6 is 11.7 Å². The number of carboxylic acids is 2. The summed E-state index contributed by atoms with van der Waals surface area (Å²) in [6.07, 6.45) is 0.573. The van der Waals surface area contributed by atoms with Gasteiger partial charge in [0.25, 0.3) is 5.88 Å². The van der Waals surface area contributed by atoms with Gasteiger partial charge in [-0.15, -0.1) is 4.37 Å². The quantitative estimate of drug-likeness (QED) is 0.391. The van der Waals surface area contributed by atoms with Crippen LogP contribution < -0.4 is 15.0 Å². The number of ether oxygens (including phenoxy) is 2. The third-order valence-electron chi connectivity index (χ3n) is 3.16. The zero-order valence-corrected chi connectivity index (χ0v) is 15.7. The lowest BCUT2D eigenvalue weighted by atomic mass is 10.4. The highest BCUT2D eigenvalue weighted by atomic mass is 32.1. The molecule has 1 aliphatic rings. The molecule has 1 atom stereocenters. The first kappa shape index (κ1) is 22.8. The molecule has 0 amide bonds. The van der Waals surface area contributed by atoms with Crippen LogP contribution in [0.5, 0.6) is 5.88 Å². The third kappa shape index (κ3) is 9.84. The smallest absolute Gasteiger partial charge is 0.328 e. The number of nitrogens with one attached hydrogen (secondary N) is 1. The minimum absolute atomic E-state index is 0.218. The molecule has 4 N–H and O–H groups in total. The molecule has 1 unspecified atom stereocenters. The maximum Gasteiger partial charge on any atom is 0.328 e. The van der Waals surface area contributed by atoms with Crippen molar-refractivity contribution in [2.75, 3.05) is 50.9 Å². The second kappa shape index (κ2) is 13.0. The Balaban J connectivity index is 0.000000387. The summed E-state index contributed by atoms with van der Waals surface area (Å²) in [7, 11) is 0. The van der Waals surface area contributed by atoms with Gasteiger partial charge in [-0.3, -0.25) is 0 Å². The molecule has 27 heavy (non-hydrogen) atoms. The van der Waals surface area contributed by atoms with E-state index in [4.69, 9.17) is 19.7 Å². The van der Waals surface area contributed by atoms with Gasteiger partial charge in [0.1, 0.15) is 12.7 Å². The number of nitrogens with zero attached hydrogens (tertiary/aromatic N) is 3. The van der Waals surface area contributed by atoms with Crippen molar-refractivity contribution in [2.45, 2.75) is 13.0 Å². The van der Waals surface area contributed by atoms with Crippen LogP contribution in [0.25, 0.3) is 0 Å². The number of aliphatic hydroxyl groups excluding tert-OH is 1. The van der Waals surface area contributed by atoms with Gasteiger partial charge < -0.3 is 35.0 Å². The van der Waals surface area contributed by atoms with E-state index in [0.29, 0.717) is 37.8 Å². The maximum atomic E-state index is 9.71. The monoisotopic (exact) mass is 404 g/mol. The van der Waals surface area contributed by atoms with Crippen LogP contribution in [-0.4, -0.2) is 88.1 Å². The highest BCUT2D eigenvalue weighted by molar-refractivity contribution is 6.99. The SMILES string of the molecule is CCNCC(O)COc1nsnc1N1CCOCC1.O=C(O)/C=C\C(=O)O. The van der Waals surface area contributed by atoms with Crippen molar-refractivity contribution < 1.29 is 34.4 Å². The normalized spacial score (nSPS) is 15.1. The van der Waals surface area contributed by atoms with Crippen LogP contribution in [0.1, 0.15) is 6.92 Å². The van der Waals surface area contributed by atoms with Crippen LogP contribution in [0.2, 0.25) is 0 Å². The van der Waals surface area contributed by atoms with Crippen molar-refractivity contribution >= 4 is 29.5 Å². The van der Waals surface area contributed by atoms with E-state index in [2.05, 4.69) is 19.0 Å². The lowest BCUT2D eigenvalue weighted by molar-refractivity contribution is -0.134. The van der Waals surface area contributed by atoms with Crippen molar-refractivity contribution in [3.8, 4) is 5.88 Å². The lowest BCUT2D eigenvalue weighted by Crippen LogP contribution is -2.37. The summed E-state index contributed by atoms with van der Waals surface area (Å²) >= 11 is 1.12. The minimum atomic E-state index is -1.26. The third-order valence-corrected chi connectivity index (χ3v) is 3.67. The van der Waals surface area contributed by atoms with Crippen LogP contribution in [-0.2, 0) is 14.3 Å². The Morgan fingerprint density at radius 1 is 1.30 bits per heavy atom. The fraction of sp³-hybridized carbons (Fsp3) is 0.600. The zero-order valence-electron chi connectivity index (χ0n) is 14.9. The maximum absolute atomic E-state index is 9.71. The molecule has 2 heterocycles. The molecule has 0 aliphatic carbocycles. The number of carbonyl (C=O) groups is 2. The first-order valence-corrected chi connectivity index (χ1v) is 8.97. The van der Waals surface area contributed by atoms with Crippen molar-refractivity contribution in [1.29, 1.82) is 0 Å². The summed E-state index contributed by atoms with van der Waals surface area (Å²) < 4.78 is 19.3. The van der Waals surface area contributed by atoms with Gasteiger partial charge in [0.05, 0.1) is 24.9 Å². The molecular weight excluding hydrogens is 380 g/mol. The average Bonchev–Trinajstić information content (AvgIpc) is 3.13. The molecule has 152 valence electrons. The highest BCUT2D eigenvalue weighted by Crippen LogP contribution is 2.26. The molecule has 1 aromatic heterocycles. The van der Waals surface area contributed by atoms with Gasteiger partial charge in [-0.25, -0.2) is 9.59 Å². The van der Waals surface area contributed by atoms with Crippen molar-refractivity contribution in [2.24, 2.45) is 0 Å². The molecule has 1 aromatic rings. The van der Waals surface area contributed by atoms with E-state index in [-0.39, 0.29) is 6.61 Å². The van der Waals surface area contributed by atoms with Gasteiger partial charge in [0, 0.05) is 31.8 Å². The first-order chi connectivity index (χ1) is 12.9. The van der Waals surface area contributed by atoms with Gasteiger partial charge in [-0.1, -0.05) is 6.92 Å². The van der Waals surface area contributed by atoms with Gasteiger partial charge in [0.2, 0.25) is 5.82 Å². The summed E-state index contributed by atoms with van der Waals surface area (Å²) in [5, 5.41) is 28.4. The predicted molar refractivity (Wildman–Crippen MR) is 97.4 cm³/mol. The van der Waals surface area contributed by atoms with Crippen LogP contribution in [0.4, 0.5) is 5.82 Å². The van der Waals surface area contributed by atoms with Crippen LogP contribution in [0.3, 0.4) is 0 Å². The Bertz CT molecular complexity index is 589. The van der Waals surface area contributed by atoms with Gasteiger partial charge in [-0.05, 0) is 6.54 Å². The standard InChI is InChI=1S/C11H20N4O3S.C4H4O4/c1-2-12-7-9(16)8-18-11-10(13-19-14-11)15-3-5-17-6-4-15;5-3(6)1-2-4(7)8/h9,12,16H,2-8H2,1H3;1-2H,(H,5,6)(H,7,8)/b;2-1-. The first-order valence-electron chi connectivity index (χ1n) is 8.24. The number of aliphatic carboxylic acids is 2. The summed E-state index contributed by atoms with van der Waals surface area (Å²) in [6, 6.07) is 0. The number of carboxylic acid groups (broad SMARTS) is 2. The number of hydrogen-bond donors (Lipinski definition) is 4. The predicted octanol–water partition coefficient (Wildman–Crippen LogP) is -0.564. The highest BCUT2D eigenvalue weighted by Gasteiger charge is 2.20. The van der Waals surface area contributed by atoms with Crippen molar-refractivity contribution in [1.82, 2.24) is 14.1 Å². The molecule has 11 nitrogen and oxygen atoms in total. The Labute approximate surface area is 160 Å². The number of hydrogen-bond acceptors (Lipinski definition) is 10. The molecule has 0 bridgehead atoms. The van der Waals surface area contributed by atoms with E-state index in [1.165, 1.54) is 0 Å². The molecule has 1 aliphatic heterocycles. The molecule has 2 rings (SSSR count). The average molecular weight is 404 g/mol. The molecule has 0 spiro atoms. The minimum Gasteiger partial charge on any atom is -0.478 e. The summed E-state index contributed by atoms with van der Waals surface area (Å²) in [5.74, 6) is -1.26. The molecular formula is C15H24N4O7S. The van der Waals surface area contributed by atoms with Gasteiger partial charge in [0.15, 0.2) is 0 Å². The van der Waals surface area contributed by atoms with E-state index < -0.39 is 18.0 Å². The molecule has 0 saturated carbocycles. The molecule has 1 fully saturated rings. The van der Waals surface area contributed by atoms with Crippen LogP contribution in [0.15, 0.2) is 12.2 Å². The molecule has 0 aromatic carbocycles. The van der Waals surface area contributed by atoms with E-state index in [1.807, 2.05) is 6.92 Å². The molecule has 1 saturated heterocycles. The summed E-state index contributed by atoms with van der Waals surface area (Å²) in [6.45, 7) is 6.53. The Kier molecular flexibility index (Phi) is 10.9. The Hall–Kier alpha value is -2.28. The Morgan fingerprint density at radius 2 is 1.93 bits per heavy atom. The molecule has 0 radical (unpaired) electrons. The summed E-state index contributed by atoms with van der Waals surface area (Å²) in [5.41, 5.74) is 0. The van der Waals surface area contributed by atoms with E-state index in [1.54, 1.807) is 0 Å². The number of aliphatic hydroxyl groups is 1. The van der Waals surface area contributed by atoms with E-state index in [9.17, 15) is 14.7 Å². The van der Waals surface area contributed by atoms with E-state index >= 15 is 0 Å². The summed E-state index contributed by atoms with van der Waals surface area (Å²) in [4.78, 5) is 21.2. The van der Waals surface area contributed by atoms with Crippen molar-refractivity contribution in [3.63, 3.8) is 0 Å². The number of anilines is 1. The second-order valence-electron chi connectivity index (χ2n) is 5.27. The van der Waals surface area contributed by atoms with Gasteiger partial charge in [-0.2, -0.15) is 4.37 Å². The number of likely N-dealkylation sites (N-methyl/N-ethyl adjacent to an activating group) is 1. The zero-order chi connectivity index (χ0) is 20.1. The topological polar surface area (TPSA) is 154 Å². The number of aromatic nitrogens is 2. The fourth-order valence-electron chi connectivity index (χ4n) is 1.92. The lowest BCUT2D eigenvalue weighted by Gasteiger charge is -2.26. The largest absolute Gasteiger partial charge is 0.478 e. The Morgan fingerprint density at radius 3 is 2.48 bits per heavy atom. The number of rotatable bonds is 9.